The van der Waals surface area contributed by atoms with Gasteiger partial charge in [-0.2, -0.15) is 0 Å². The average Bonchev–Trinajstić information content (AvgIpc) is 3.08. The van der Waals surface area contributed by atoms with Crippen LogP contribution in [-0.4, -0.2) is 18.0 Å². The van der Waals surface area contributed by atoms with E-state index in [-0.39, 0.29) is 0 Å². The minimum absolute atomic E-state index is 1.15. The van der Waals surface area contributed by atoms with Crippen LogP contribution in [0, 0.1) is 0 Å². The van der Waals surface area contributed by atoms with E-state index < -0.39 is 0 Å². The third-order valence-corrected chi connectivity index (χ3v) is 9.46. The van der Waals surface area contributed by atoms with E-state index in [1.165, 1.54) is 178 Å². The van der Waals surface area contributed by atoms with E-state index in [4.69, 9.17) is 0 Å². The first-order valence-corrected chi connectivity index (χ1v) is 19.8. The van der Waals surface area contributed by atoms with Crippen molar-refractivity contribution in [2.45, 2.75) is 181 Å². The van der Waals surface area contributed by atoms with Gasteiger partial charge in [0.25, 0.3) is 5.82 Å². The Bertz CT molecular complexity index is 876. The zero-order valence-corrected chi connectivity index (χ0v) is 30.0. The van der Waals surface area contributed by atoms with Crippen LogP contribution in [0.1, 0.15) is 186 Å². The van der Waals surface area contributed by atoms with E-state index in [0.717, 1.165) is 13.1 Å². The molecule has 0 saturated carbocycles. The van der Waals surface area contributed by atoms with Gasteiger partial charge in [0.15, 0.2) is 0 Å². The van der Waals surface area contributed by atoms with Gasteiger partial charge in [-0.1, -0.05) is 192 Å². The molecule has 1 heterocycles. The second-order valence-electron chi connectivity index (χ2n) is 13.7. The van der Waals surface area contributed by atoms with Gasteiger partial charge < -0.3 is 0 Å². The highest BCUT2D eigenvalue weighted by atomic mass is 15.3. The molecule has 0 N–H and O–H groups in total. The first kappa shape index (κ1) is 39.1. The summed E-state index contributed by atoms with van der Waals surface area (Å²) in [6, 6.07) is 17.3. The molecule has 0 radical (unpaired) electrons. The van der Waals surface area contributed by atoms with Gasteiger partial charge in [0, 0.05) is 6.08 Å². The average molecular weight is 618 g/mol. The maximum Gasteiger partial charge on any atom is 0.281 e. The molecule has 254 valence electrons. The molecule has 1 aromatic heterocycles. The Hall–Kier alpha value is -2.09. The number of aromatic nitrogens is 1. The first-order valence-electron chi connectivity index (χ1n) is 19.8. The van der Waals surface area contributed by atoms with Gasteiger partial charge in [-0.15, -0.1) is 0 Å². The van der Waals surface area contributed by atoms with Crippen LogP contribution < -0.4 is 4.57 Å². The molecule has 0 amide bonds. The van der Waals surface area contributed by atoms with Gasteiger partial charge >= 0.3 is 0 Å². The summed E-state index contributed by atoms with van der Waals surface area (Å²) in [7, 11) is 0. The normalized spacial score (nSPS) is 11.7. The number of nitrogens with zero attached hydrogens (tertiary/aromatic N) is 2. The molecule has 1 aromatic carbocycles. The molecule has 0 spiro atoms. The summed E-state index contributed by atoms with van der Waals surface area (Å²) in [5.41, 5.74) is 1.28. The highest BCUT2D eigenvalue weighted by Crippen LogP contribution is 2.18. The second kappa shape index (κ2) is 29.3. The van der Waals surface area contributed by atoms with Crippen molar-refractivity contribution in [3.63, 3.8) is 0 Å². The predicted octanol–water partition coefficient (Wildman–Crippen LogP) is 13.4. The Morgan fingerprint density at radius 3 is 1.16 bits per heavy atom. The van der Waals surface area contributed by atoms with Crippen LogP contribution in [0.15, 0.2) is 60.9 Å². The summed E-state index contributed by atoms with van der Waals surface area (Å²) in [6.45, 7) is 6.91. The van der Waals surface area contributed by atoms with E-state index in [0.29, 0.717) is 0 Å². The molecular formula is C43H73N2+. The van der Waals surface area contributed by atoms with Crippen molar-refractivity contribution >= 4 is 11.9 Å². The molecule has 0 fully saturated rings. The molecular weight excluding hydrogens is 544 g/mol. The van der Waals surface area contributed by atoms with Crippen LogP contribution in [0.25, 0.3) is 11.9 Å². The maximum absolute atomic E-state index is 2.68. The molecule has 2 aromatic rings. The summed E-state index contributed by atoms with van der Waals surface area (Å²) in [5.74, 6) is 1.32. The summed E-state index contributed by atoms with van der Waals surface area (Å²) in [6.07, 6.45) is 43.5. The molecule has 0 atom stereocenters. The van der Waals surface area contributed by atoms with Crippen molar-refractivity contribution < 1.29 is 4.57 Å². The van der Waals surface area contributed by atoms with Crippen LogP contribution in [0.4, 0.5) is 0 Å². The SMILES string of the molecule is CCCCCCCCCCCCCCCN(CCCCCCCCCCCCCCC)C(=Cc1ccccc1)[n+]1ccccc1. The van der Waals surface area contributed by atoms with Gasteiger partial charge in [0.1, 0.15) is 0 Å². The molecule has 45 heavy (non-hydrogen) atoms. The zero-order chi connectivity index (χ0) is 31.9. The van der Waals surface area contributed by atoms with Crippen LogP contribution in [0.2, 0.25) is 0 Å². The number of unbranched alkanes of at least 4 members (excludes halogenated alkanes) is 24. The van der Waals surface area contributed by atoms with Crippen molar-refractivity contribution in [3.8, 4) is 0 Å². The third-order valence-electron chi connectivity index (χ3n) is 9.46. The number of pyridine rings is 1. The lowest BCUT2D eigenvalue weighted by Gasteiger charge is -2.21. The lowest BCUT2D eigenvalue weighted by Crippen LogP contribution is -2.42. The van der Waals surface area contributed by atoms with Crippen LogP contribution in [0.5, 0.6) is 0 Å². The molecule has 2 rings (SSSR count). The van der Waals surface area contributed by atoms with Gasteiger partial charge in [-0.05, 0) is 43.4 Å². The summed E-state index contributed by atoms with van der Waals surface area (Å²) in [4.78, 5) is 2.68. The monoisotopic (exact) mass is 618 g/mol. The van der Waals surface area contributed by atoms with Gasteiger partial charge in [0.2, 0.25) is 0 Å². The molecule has 0 aliphatic heterocycles. The molecule has 0 aliphatic carbocycles. The molecule has 2 heteroatoms. The van der Waals surface area contributed by atoms with Crippen molar-refractivity contribution in [1.82, 2.24) is 4.90 Å². The lowest BCUT2D eigenvalue weighted by atomic mass is 10.0. The van der Waals surface area contributed by atoms with Crippen molar-refractivity contribution in [3.05, 3.63) is 66.5 Å². The van der Waals surface area contributed by atoms with Crippen LogP contribution in [-0.2, 0) is 0 Å². The molecule has 0 bridgehead atoms. The van der Waals surface area contributed by atoms with Crippen molar-refractivity contribution in [2.75, 3.05) is 13.1 Å². The number of benzene rings is 1. The smallest absolute Gasteiger partial charge is 0.261 e. The fraction of sp³-hybridized carbons (Fsp3) is 0.698. The summed E-state index contributed by atoms with van der Waals surface area (Å²) < 4.78 is 2.33. The van der Waals surface area contributed by atoms with E-state index >= 15 is 0 Å². The van der Waals surface area contributed by atoms with Crippen molar-refractivity contribution in [2.24, 2.45) is 0 Å². The lowest BCUT2D eigenvalue weighted by molar-refractivity contribution is -0.591. The maximum atomic E-state index is 2.68. The first-order chi connectivity index (χ1) is 22.3. The third kappa shape index (κ3) is 21.4. The number of rotatable bonds is 31. The van der Waals surface area contributed by atoms with E-state index in [1.54, 1.807) is 0 Å². The number of hydrogen-bond acceptors (Lipinski definition) is 1. The minimum atomic E-state index is 1.15. The molecule has 0 unspecified atom stereocenters. The zero-order valence-electron chi connectivity index (χ0n) is 30.0. The Morgan fingerprint density at radius 2 is 0.778 bits per heavy atom. The molecule has 0 aliphatic rings. The predicted molar refractivity (Wildman–Crippen MR) is 200 cm³/mol. The van der Waals surface area contributed by atoms with Crippen LogP contribution in [0.3, 0.4) is 0 Å². The fourth-order valence-electron chi connectivity index (χ4n) is 6.56. The highest BCUT2D eigenvalue weighted by molar-refractivity contribution is 5.64. The molecule has 2 nitrogen and oxygen atoms in total. The fourth-order valence-corrected chi connectivity index (χ4v) is 6.56. The highest BCUT2D eigenvalue weighted by Gasteiger charge is 2.20. The van der Waals surface area contributed by atoms with Crippen molar-refractivity contribution in [1.29, 1.82) is 0 Å². The Balaban J connectivity index is 1.76. The van der Waals surface area contributed by atoms with E-state index in [1.807, 2.05) is 0 Å². The largest absolute Gasteiger partial charge is 0.281 e. The van der Waals surface area contributed by atoms with E-state index in [2.05, 4.69) is 90.3 Å². The molecule has 0 saturated heterocycles. The van der Waals surface area contributed by atoms with Gasteiger partial charge in [0.05, 0.1) is 25.5 Å². The van der Waals surface area contributed by atoms with Gasteiger partial charge in [-0.25, -0.2) is 4.57 Å². The summed E-state index contributed by atoms with van der Waals surface area (Å²) >= 11 is 0. The Morgan fingerprint density at radius 1 is 0.444 bits per heavy atom. The minimum Gasteiger partial charge on any atom is -0.261 e. The second-order valence-corrected chi connectivity index (χ2v) is 13.7. The van der Waals surface area contributed by atoms with Crippen LogP contribution >= 0.6 is 0 Å². The Kier molecular flexibility index (Phi) is 25.5. The standard InChI is InChI=1S/C43H73N2/c1-3-5-7-9-11-13-15-17-19-21-23-25-31-37-44(38-32-26-24-22-20-18-16-14-12-10-8-6-4-2)43(45-39-33-28-34-40-45)41-42-35-29-27-30-36-42/h27-30,33-36,39-41H,3-26,31-32,37-38H2,1-2H3/q+1. The quantitative estimate of drug-likeness (QED) is 0.0603. The topological polar surface area (TPSA) is 7.12 Å². The number of hydrogen-bond donors (Lipinski definition) is 0. The van der Waals surface area contributed by atoms with Gasteiger partial charge in [-0.3, -0.25) is 4.90 Å². The Labute approximate surface area is 281 Å². The summed E-state index contributed by atoms with van der Waals surface area (Å²) in [5, 5.41) is 0. The van der Waals surface area contributed by atoms with E-state index in [9.17, 15) is 0 Å².